The molecule has 3 aromatic rings. The van der Waals surface area contributed by atoms with E-state index in [9.17, 15) is 4.79 Å². The first kappa shape index (κ1) is 18.5. The van der Waals surface area contributed by atoms with E-state index in [4.69, 9.17) is 9.52 Å². The van der Waals surface area contributed by atoms with E-state index in [-0.39, 0.29) is 5.56 Å². The van der Waals surface area contributed by atoms with Crippen molar-refractivity contribution in [2.24, 2.45) is 0 Å². The molecule has 1 N–H and O–H groups in total. The van der Waals surface area contributed by atoms with Crippen LogP contribution in [0.15, 0.2) is 59.0 Å². The number of hydrogen-bond donors (Lipinski definition) is 1. The Kier molecular flexibility index (Phi) is 5.31. The van der Waals surface area contributed by atoms with Crippen molar-refractivity contribution >= 4 is 5.97 Å². The molecule has 28 heavy (non-hydrogen) atoms. The maximum atomic E-state index is 11.2. The number of furan rings is 1. The van der Waals surface area contributed by atoms with E-state index in [1.54, 1.807) is 12.1 Å². The maximum absolute atomic E-state index is 11.2. The summed E-state index contributed by atoms with van der Waals surface area (Å²) in [6, 6.07) is 17.4. The van der Waals surface area contributed by atoms with Crippen LogP contribution in [0.5, 0.6) is 0 Å². The van der Waals surface area contributed by atoms with Gasteiger partial charge < -0.3 is 9.52 Å². The van der Waals surface area contributed by atoms with Gasteiger partial charge >= 0.3 is 5.97 Å². The number of hydrogen-bond acceptors (Lipinski definition) is 3. The van der Waals surface area contributed by atoms with Gasteiger partial charge in [0.1, 0.15) is 11.5 Å². The van der Waals surface area contributed by atoms with Gasteiger partial charge in [-0.15, -0.1) is 0 Å². The molecule has 4 nitrogen and oxygen atoms in total. The molecule has 1 saturated heterocycles. The van der Waals surface area contributed by atoms with E-state index in [1.807, 2.05) is 18.2 Å². The molecule has 0 spiro atoms. The number of carboxylic acids is 1. The lowest BCUT2D eigenvalue weighted by Gasteiger charge is -2.26. The minimum atomic E-state index is -0.917. The Morgan fingerprint density at radius 1 is 1.00 bits per heavy atom. The number of nitrogens with zero attached hydrogens (tertiary/aromatic N) is 1. The third-order valence-corrected chi connectivity index (χ3v) is 5.35. The topological polar surface area (TPSA) is 53.7 Å². The summed E-state index contributed by atoms with van der Waals surface area (Å²) in [4.78, 5) is 13.6. The molecule has 2 aromatic carbocycles. The fourth-order valence-corrected chi connectivity index (χ4v) is 3.85. The van der Waals surface area contributed by atoms with Crippen molar-refractivity contribution in [3.05, 3.63) is 71.3 Å². The fourth-order valence-electron chi connectivity index (χ4n) is 3.85. The van der Waals surface area contributed by atoms with Crippen LogP contribution in [0.4, 0.5) is 0 Å². The van der Waals surface area contributed by atoms with E-state index in [0.717, 1.165) is 47.8 Å². The first-order valence-corrected chi connectivity index (χ1v) is 9.86. The number of aryl methyl sites for hydroxylation is 1. The van der Waals surface area contributed by atoms with Crippen molar-refractivity contribution in [1.29, 1.82) is 0 Å². The molecule has 1 aromatic heterocycles. The molecule has 0 unspecified atom stereocenters. The molecule has 1 aliphatic heterocycles. The van der Waals surface area contributed by atoms with Crippen LogP contribution in [-0.4, -0.2) is 29.1 Å². The molecule has 0 bridgehead atoms. The molecule has 0 radical (unpaired) electrons. The summed E-state index contributed by atoms with van der Waals surface area (Å²) in [5.74, 6) is 0.770. The van der Waals surface area contributed by atoms with Crippen molar-refractivity contribution in [2.45, 2.75) is 32.7 Å². The average Bonchev–Trinajstić information content (AvgIpc) is 3.12. The van der Waals surface area contributed by atoms with Gasteiger partial charge in [0.2, 0.25) is 0 Å². The molecular weight excluding hydrogens is 350 g/mol. The Bertz CT molecular complexity index is 966. The third-order valence-electron chi connectivity index (χ3n) is 5.35. The van der Waals surface area contributed by atoms with Gasteiger partial charge in [0.15, 0.2) is 0 Å². The smallest absolute Gasteiger partial charge is 0.335 e. The van der Waals surface area contributed by atoms with Crippen molar-refractivity contribution < 1.29 is 14.3 Å². The van der Waals surface area contributed by atoms with E-state index in [1.165, 1.54) is 24.8 Å². The molecule has 0 saturated carbocycles. The Morgan fingerprint density at radius 3 is 2.43 bits per heavy atom. The second-order valence-corrected chi connectivity index (χ2v) is 7.55. The van der Waals surface area contributed by atoms with Gasteiger partial charge in [-0.1, -0.05) is 42.3 Å². The van der Waals surface area contributed by atoms with Crippen LogP contribution in [0.25, 0.3) is 22.6 Å². The molecule has 1 aliphatic rings. The Morgan fingerprint density at radius 2 is 1.75 bits per heavy atom. The highest BCUT2D eigenvalue weighted by Crippen LogP contribution is 2.34. The highest BCUT2D eigenvalue weighted by Gasteiger charge is 2.19. The quantitative estimate of drug-likeness (QED) is 0.630. The zero-order valence-corrected chi connectivity index (χ0v) is 16.1. The number of carboxylic acid groups (broad SMARTS) is 1. The largest absolute Gasteiger partial charge is 0.478 e. The number of benzene rings is 2. The summed E-state index contributed by atoms with van der Waals surface area (Å²) in [6.45, 7) is 5.16. The van der Waals surface area contributed by atoms with Gasteiger partial charge in [0.25, 0.3) is 0 Å². The average molecular weight is 375 g/mol. The zero-order chi connectivity index (χ0) is 19.5. The molecule has 1 fully saturated rings. The van der Waals surface area contributed by atoms with Gasteiger partial charge in [-0.2, -0.15) is 0 Å². The molecule has 4 rings (SSSR count). The summed E-state index contributed by atoms with van der Waals surface area (Å²) in [6.07, 6.45) is 3.79. The SMILES string of the molecule is Cc1cccc(-c2cc(CN3CCCCC3)c(-c3ccc(C(=O)O)cc3)o2)c1. The number of carbonyl (C=O) groups is 1. The van der Waals surface area contributed by atoms with Crippen molar-refractivity contribution in [3.8, 4) is 22.6 Å². The molecule has 0 atom stereocenters. The zero-order valence-electron chi connectivity index (χ0n) is 16.1. The summed E-state index contributed by atoms with van der Waals surface area (Å²) >= 11 is 0. The summed E-state index contributed by atoms with van der Waals surface area (Å²) in [5.41, 5.74) is 4.61. The highest BCUT2D eigenvalue weighted by atomic mass is 16.4. The molecule has 0 amide bonds. The van der Waals surface area contributed by atoms with Crippen LogP contribution >= 0.6 is 0 Å². The van der Waals surface area contributed by atoms with Crippen molar-refractivity contribution in [1.82, 2.24) is 4.90 Å². The van der Waals surface area contributed by atoms with Gasteiger partial charge in [-0.3, -0.25) is 4.90 Å². The predicted octanol–water partition coefficient (Wildman–Crippen LogP) is 5.61. The molecule has 144 valence electrons. The fraction of sp³-hybridized carbons (Fsp3) is 0.292. The van der Waals surface area contributed by atoms with E-state index in [2.05, 4.69) is 36.1 Å². The minimum absolute atomic E-state index is 0.284. The lowest BCUT2D eigenvalue weighted by Crippen LogP contribution is -2.29. The van der Waals surface area contributed by atoms with E-state index < -0.39 is 5.97 Å². The van der Waals surface area contributed by atoms with Crippen LogP contribution < -0.4 is 0 Å². The van der Waals surface area contributed by atoms with Gasteiger partial charge in [-0.05, 0) is 57.1 Å². The van der Waals surface area contributed by atoms with Gasteiger partial charge in [0.05, 0.1) is 5.56 Å². The summed E-state index contributed by atoms with van der Waals surface area (Å²) in [7, 11) is 0. The molecular formula is C24H25NO3. The Labute approximate surface area is 165 Å². The predicted molar refractivity (Wildman–Crippen MR) is 110 cm³/mol. The molecule has 2 heterocycles. The number of aromatic carboxylic acids is 1. The highest BCUT2D eigenvalue weighted by molar-refractivity contribution is 5.88. The lowest BCUT2D eigenvalue weighted by molar-refractivity contribution is 0.0697. The monoisotopic (exact) mass is 375 g/mol. The van der Waals surface area contributed by atoms with Crippen LogP contribution in [0.1, 0.15) is 40.7 Å². The minimum Gasteiger partial charge on any atom is -0.478 e. The van der Waals surface area contributed by atoms with E-state index >= 15 is 0 Å². The van der Waals surface area contributed by atoms with Crippen molar-refractivity contribution in [2.75, 3.05) is 13.1 Å². The molecule has 4 heteroatoms. The van der Waals surface area contributed by atoms with Crippen LogP contribution in [0.3, 0.4) is 0 Å². The first-order chi connectivity index (χ1) is 13.6. The second-order valence-electron chi connectivity index (χ2n) is 7.55. The third kappa shape index (κ3) is 4.02. The molecule has 0 aliphatic carbocycles. The Balaban J connectivity index is 1.72. The first-order valence-electron chi connectivity index (χ1n) is 9.86. The van der Waals surface area contributed by atoms with E-state index in [0.29, 0.717) is 0 Å². The van der Waals surface area contributed by atoms with Gasteiger partial charge in [-0.25, -0.2) is 4.79 Å². The Hall–Kier alpha value is -2.85. The van der Waals surface area contributed by atoms with Crippen molar-refractivity contribution in [3.63, 3.8) is 0 Å². The van der Waals surface area contributed by atoms with Crippen LogP contribution in [0.2, 0.25) is 0 Å². The normalized spacial score (nSPS) is 14.9. The maximum Gasteiger partial charge on any atom is 0.335 e. The lowest BCUT2D eigenvalue weighted by atomic mass is 10.0. The number of rotatable bonds is 5. The summed E-state index contributed by atoms with van der Waals surface area (Å²) in [5, 5.41) is 9.17. The second kappa shape index (κ2) is 8.03. The van der Waals surface area contributed by atoms with Gasteiger partial charge in [0, 0.05) is 23.2 Å². The number of likely N-dealkylation sites (tertiary alicyclic amines) is 1. The number of piperidine rings is 1. The standard InChI is InChI=1S/C24H25NO3/c1-17-6-5-7-20(14-17)22-15-21(16-25-12-3-2-4-13-25)23(28-22)18-8-10-19(11-9-18)24(26)27/h5-11,14-15H,2-4,12-13,16H2,1H3,(H,26,27). The van der Waals surface area contributed by atoms with Crippen LogP contribution in [0, 0.1) is 6.92 Å². The van der Waals surface area contributed by atoms with Crippen LogP contribution in [-0.2, 0) is 6.54 Å². The summed E-state index contributed by atoms with van der Waals surface area (Å²) < 4.78 is 6.31.